The normalized spacial score (nSPS) is 3.00. The van der Waals surface area contributed by atoms with Crippen LogP contribution in [-0.2, 0) is 0 Å². The molecule has 0 spiro atoms. The van der Waals surface area contributed by atoms with E-state index in [1.54, 1.807) is 0 Å². The topological polar surface area (TPSA) is 63.2 Å². The van der Waals surface area contributed by atoms with Crippen LogP contribution in [0, 0.1) is 0 Å². The van der Waals surface area contributed by atoms with Crippen LogP contribution in [0.1, 0.15) is 0 Å². The van der Waals surface area contributed by atoms with Crippen molar-refractivity contribution in [3.8, 4) is 0 Å². The molecule has 0 bridgehead atoms. The molecule has 7 heteroatoms. The fourth-order valence-corrected chi connectivity index (χ4v) is 0. The third kappa shape index (κ3) is 82.3. The van der Waals surface area contributed by atoms with Gasteiger partial charge in [-0.3, -0.25) is 0 Å². The molecule has 0 N–H and O–H groups in total. The first-order chi connectivity index (χ1) is 1.73. The van der Waals surface area contributed by atoms with Gasteiger partial charge in [-0.2, -0.15) is 0 Å². The van der Waals surface area contributed by atoms with E-state index in [-0.39, 0.29) is 93.8 Å². The van der Waals surface area contributed by atoms with Crippen molar-refractivity contribution in [2.75, 3.05) is 0 Å². The van der Waals surface area contributed by atoms with Crippen molar-refractivity contribution in [1.29, 1.82) is 0 Å². The van der Waals surface area contributed by atoms with Gasteiger partial charge in [0.1, 0.15) is 0 Å². The Hall–Kier alpha value is 2.33. The maximum Gasteiger partial charge on any atom is 1.00 e. The molecule has 0 aromatic carbocycles. The van der Waals surface area contributed by atoms with Crippen LogP contribution < -0.4 is 69.3 Å². The molecule has 0 aliphatic carbocycles. The standard InChI is InChI=1S/CH2O3.2Al.2Na/c2-1(3)4;;;;/h(H2,2,3,4);;;;/q;;;2*+1/p-2. The number of carbonyl (C=O) groups is 1. The Kier molecular flexibility index (Phi) is 90.1. The molecule has 0 aliphatic heterocycles. The van der Waals surface area contributed by atoms with E-state index in [0.717, 1.165) is 0 Å². The molecule has 8 heavy (non-hydrogen) atoms. The summed E-state index contributed by atoms with van der Waals surface area (Å²) in [5.74, 6) is 0. The Morgan fingerprint density at radius 2 is 1.00 bits per heavy atom. The van der Waals surface area contributed by atoms with Gasteiger partial charge >= 0.3 is 59.1 Å². The minimum absolute atomic E-state index is 0. The molecular weight excluding hydrogens is 160 g/mol. The van der Waals surface area contributed by atoms with Gasteiger partial charge in [0.05, 0.1) is 0 Å². The van der Waals surface area contributed by atoms with Gasteiger partial charge in [0, 0.05) is 34.7 Å². The van der Waals surface area contributed by atoms with Crippen molar-refractivity contribution < 1.29 is 74.1 Å². The Morgan fingerprint density at radius 1 is 1.00 bits per heavy atom. The first kappa shape index (κ1) is 31.6. The van der Waals surface area contributed by atoms with Crippen molar-refractivity contribution in [1.82, 2.24) is 0 Å². The Morgan fingerprint density at radius 3 is 1.00 bits per heavy atom. The van der Waals surface area contributed by atoms with Crippen LogP contribution in [0.15, 0.2) is 0 Å². The first-order valence-corrected chi connectivity index (χ1v) is 0.612. The van der Waals surface area contributed by atoms with Gasteiger partial charge in [0.2, 0.25) is 0 Å². The van der Waals surface area contributed by atoms with E-state index in [4.69, 9.17) is 15.0 Å². The monoisotopic (exact) mass is 160 g/mol. The second-order valence-corrected chi connectivity index (χ2v) is 0.250. The Bertz CT molecular complexity index is 38.3. The zero-order chi connectivity index (χ0) is 3.58. The molecule has 0 rings (SSSR count). The summed E-state index contributed by atoms with van der Waals surface area (Å²) in [7, 11) is 0. The van der Waals surface area contributed by atoms with Gasteiger partial charge in [0.15, 0.2) is 0 Å². The maximum absolute atomic E-state index is 8.33. The third-order valence-electron chi connectivity index (χ3n) is 0. The molecule has 3 nitrogen and oxygen atoms in total. The summed E-state index contributed by atoms with van der Waals surface area (Å²) in [5.41, 5.74) is 0. The molecule has 0 amide bonds. The van der Waals surface area contributed by atoms with E-state index in [0.29, 0.717) is 0 Å². The van der Waals surface area contributed by atoms with E-state index >= 15 is 0 Å². The molecule has 0 saturated heterocycles. The number of hydrogen-bond acceptors (Lipinski definition) is 3. The van der Waals surface area contributed by atoms with Crippen molar-refractivity contribution >= 4 is 40.9 Å². The molecule has 0 heterocycles. The third-order valence-corrected chi connectivity index (χ3v) is 0. The summed E-state index contributed by atoms with van der Waals surface area (Å²) in [6.45, 7) is 0. The van der Waals surface area contributed by atoms with E-state index in [2.05, 4.69) is 0 Å². The van der Waals surface area contributed by atoms with Gasteiger partial charge < -0.3 is 15.0 Å². The van der Waals surface area contributed by atoms with Crippen LogP contribution >= 0.6 is 0 Å². The average molecular weight is 160 g/mol. The molecular formula is CAl2Na2O3. The summed E-state index contributed by atoms with van der Waals surface area (Å²) in [5, 5.41) is 16.7. The fourth-order valence-electron chi connectivity index (χ4n) is 0. The SMILES string of the molecule is O=C([O-])[O-].[Al].[Al].[Na+].[Na+]. The smallest absolute Gasteiger partial charge is 0.652 e. The molecule has 0 aliphatic rings. The minimum atomic E-state index is -2.33. The van der Waals surface area contributed by atoms with Gasteiger partial charge in [-0.15, -0.1) is 0 Å². The van der Waals surface area contributed by atoms with E-state index < -0.39 is 6.16 Å². The number of hydrogen-bond donors (Lipinski definition) is 0. The summed E-state index contributed by atoms with van der Waals surface area (Å²) in [6.07, 6.45) is -2.33. The summed E-state index contributed by atoms with van der Waals surface area (Å²) < 4.78 is 0. The van der Waals surface area contributed by atoms with Crippen molar-refractivity contribution in [3.05, 3.63) is 0 Å². The van der Waals surface area contributed by atoms with Crippen LogP contribution in [0.3, 0.4) is 0 Å². The molecule has 0 atom stereocenters. The van der Waals surface area contributed by atoms with Crippen LogP contribution in [0.5, 0.6) is 0 Å². The van der Waals surface area contributed by atoms with Crippen LogP contribution in [0.2, 0.25) is 0 Å². The predicted molar refractivity (Wildman–Crippen MR) is 16.9 cm³/mol. The summed E-state index contributed by atoms with van der Waals surface area (Å²) >= 11 is 0. The van der Waals surface area contributed by atoms with Gasteiger partial charge in [-0.1, -0.05) is 0 Å². The second kappa shape index (κ2) is 22.8. The maximum atomic E-state index is 8.33. The average Bonchev–Trinajstić information content (AvgIpc) is 0.811. The van der Waals surface area contributed by atoms with Crippen LogP contribution in [0.4, 0.5) is 4.79 Å². The summed E-state index contributed by atoms with van der Waals surface area (Å²) in [6, 6.07) is 0. The zero-order valence-electron chi connectivity index (χ0n) is 4.88. The second-order valence-electron chi connectivity index (χ2n) is 0.250. The van der Waals surface area contributed by atoms with E-state index in [9.17, 15) is 0 Å². The Balaban J connectivity index is -0.00000000750. The number of carboxylic acid groups (broad SMARTS) is 2. The molecule has 6 radical (unpaired) electrons. The Labute approximate surface area is 113 Å². The molecule has 0 fully saturated rings. The van der Waals surface area contributed by atoms with Crippen molar-refractivity contribution in [3.63, 3.8) is 0 Å². The van der Waals surface area contributed by atoms with Crippen LogP contribution in [-0.4, -0.2) is 40.9 Å². The van der Waals surface area contributed by atoms with Gasteiger partial charge in [0.25, 0.3) is 0 Å². The largest absolute Gasteiger partial charge is 1.00 e. The predicted octanol–water partition coefficient (Wildman–Crippen LogP) is -9.20. The molecule has 30 valence electrons. The molecule has 0 saturated carbocycles. The van der Waals surface area contributed by atoms with Gasteiger partial charge in [-0.05, 0) is 6.16 Å². The van der Waals surface area contributed by atoms with Crippen molar-refractivity contribution in [2.45, 2.75) is 0 Å². The zero-order valence-corrected chi connectivity index (χ0v) is 11.2. The van der Waals surface area contributed by atoms with E-state index in [1.165, 1.54) is 0 Å². The fraction of sp³-hybridized carbons (Fsp3) is 0. The number of carbonyl (C=O) groups excluding carboxylic acids is 1. The first-order valence-electron chi connectivity index (χ1n) is 0.612. The summed E-state index contributed by atoms with van der Waals surface area (Å²) in [4.78, 5) is 8.33. The quantitative estimate of drug-likeness (QED) is 0.330. The van der Waals surface area contributed by atoms with Crippen molar-refractivity contribution in [2.24, 2.45) is 0 Å². The molecule has 0 unspecified atom stereocenters. The number of rotatable bonds is 0. The molecule has 0 aromatic rings. The molecule has 0 aromatic heterocycles. The van der Waals surface area contributed by atoms with E-state index in [1.807, 2.05) is 0 Å². The minimum Gasteiger partial charge on any atom is -0.652 e. The van der Waals surface area contributed by atoms with Crippen LogP contribution in [0.25, 0.3) is 0 Å². The van der Waals surface area contributed by atoms with Gasteiger partial charge in [-0.25, -0.2) is 0 Å².